The first-order valence-corrected chi connectivity index (χ1v) is 8.97. The zero-order chi connectivity index (χ0) is 19.2. The normalized spacial score (nSPS) is 10.5. The van der Waals surface area contributed by atoms with Gasteiger partial charge in [-0.25, -0.2) is 0 Å². The van der Waals surface area contributed by atoms with E-state index >= 15 is 0 Å². The number of hydrogen-bond donors (Lipinski definition) is 2. The fourth-order valence-electron chi connectivity index (χ4n) is 2.63. The molecule has 4 nitrogen and oxygen atoms in total. The maximum Gasteiger partial charge on any atom is 0.313 e. The van der Waals surface area contributed by atoms with E-state index in [2.05, 4.69) is 10.6 Å². The highest BCUT2D eigenvalue weighted by Crippen LogP contribution is 2.29. The molecule has 0 bridgehead atoms. The molecular formula is C21H16Cl2N2O2. The number of nitrogens with one attached hydrogen (secondary N) is 2. The zero-order valence-electron chi connectivity index (χ0n) is 14.2. The molecule has 6 heteroatoms. The van der Waals surface area contributed by atoms with Gasteiger partial charge in [0.05, 0.1) is 21.8 Å². The second kappa shape index (κ2) is 8.71. The number of carbonyl (C=O) groups is 2. The van der Waals surface area contributed by atoms with Gasteiger partial charge in [-0.05, 0) is 23.3 Å². The Kier molecular flexibility index (Phi) is 6.12. The fraction of sp³-hybridized carbons (Fsp3) is 0.0476. The van der Waals surface area contributed by atoms with E-state index in [9.17, 15) is 9.59 Å². The van der Waals surface area contributed by atoms with E-state index < -0.39 is 17.9 Å². The highest BCUT2D eigenvalue weighted by atomic mass is 35.5. The summed E-state index contributed by atoms with van der Waals surface area (Å²) in [6.45, 7) is 0. The second-order valence-electron chi connectivity index (χ2n) is 5.78. The van der Waals surface area contributed by atoms with Crippen LogP contribution in [0.15, 0.2) is 78.9 Å². The van der Waals surface area contributed by atoms with Crippen LogP contribution < -0.4 is 10.6 Å². The minimum Gasteiger partial charge on any atom is -0.337 e. The molecule has 0 aromatic heterocycles. The van der Waals surface area contributed by atoms with Crippen LogP contribution >= 0.6 is 23.2 Å². The average Bonchev–Trinajstić information content (AvgIpc) is 2.70. The Morgan fingerprint density at radius 1 is 0.667 bits per heavy atom. The van der Waals surface area contributed by atoms with Crippen LogP contribution in [0.1, 0.15) is 17.2 Å². The van der Waals surface area contributed by atoms with E-state index in [4.69, 9.17) is 23.2 Å². The fourth-order valence-corrected chi connectivity index (χ4v) is 3.13. The molecule has 3 rings (SSSR count). The van der Waals surface area contributed by atoms with Crippen molar-refractivity contribution in [1.29, 1.82) is 0 Å². The maximum absolute atomic E-state index is 12.5. The molecular weight excluding hydrogens is 383 g/mol. The van der Waals surface area contributed by atoms with Crippen LogP contribution in [0, 0.1) is 0 Å². The van der Waals surface area contributed by atoms with Crippen LogP contribution in [0.25, 0.3) is 0 Å². The van der Waals surface area contributed by atoms with Gasteiger partial charge in [0.15, 0.2) is 0 Å². The number of benzene rings is 3. The minimum absolute atomic E-state index is 0.206. The lowest BCUT2D eigenvalue weighted by molar-refractivity contribution is -0.136. The summed E-state index contributed by atoms with van der Waals surface area (Å²) >= 11 is 12.1. The predicted octanol–water partition coefficient (Wildman–Crippen LogP) is 4.84. The number of anilines is 1. The van der Waals surface area contributed by atoms with E-state index in [1.54, 1.807) is 18.2 Å². The molecule has 3 aromatic carbocycles. The van der Waals surface area contributed by atoms with Crippen molar-refractivity contribution in [2.75, 3.05) is 5.32 Å². The van der Waals surface area contributed by atoms with Gasteiger partial charge in [0.2, 0.25) is 0 Å². The van der Waals surface area contributed by atoms with Crippen LogP contribution in [0.3, 0.4) is 0 Å². The van der Waals surface area contributed by atoms with Crippen molar-refractivity contribution >= 4 is 40.7 Å². The molecule has 0 saturated carbocycles. The topological polar surface area (TPSA) is 58.2 Å². The van der Waals surface area contributed by atoms with Crippen molar-refractivity contribution in [3.63, 3.8) is 0 Å². The molecule has 0 fully saturated rings. The predicted molar refractivity (Wildman–Crippen MR) is 108 cm³/mol. The van der Waals surface area contributed by atoms with Gasteiger partial charge in [0, 0.05) is 0 Å². The summed E-state index contributed by atoms with van der Waals surface area (Å²) < 4.78 is 0. The van der Waals surface area contributed by atoms with Crippen molar-refractivity contribution in [1.82, 2.24) is 5.32 Å². The molecule has 2 amide bonds. The van der Waals surface area contributed by atoms with Crippen molar-refractivity contribution < 1.29 is 9.59 Å². The SMILES string of the molecule is O=C(Nc1c(Cl)cccc1Cl)C(=O)NC(c1ccccc1)c1ccccc1. The number of rotatable bonds is 4. The number of halogens is 2. The first kappa shape index (κ1) is 19.0. The molecule has 0 spiro atoms. The molecule has 0 heterocycles. The molecule has 3 aromatic rings. The van der Waals surface area contributed by atoms with Crippen molar-refractivity contribution in [2.45, 2.75) is 6.04 Å². The molecule has 0 aliphatic carbocycles. The summed E-state index contributed by atoms with van der Waals surface area (Å²) in [5.41, 5.74) is 1.93. The van der Waals surface area contributed by atoms with Crippen LogP contribution in [0.4, 0.5) is 5.69 Å². The summed E-state index contributed by atoms with van der Waals surface area (Å²) in [5.74, 6) is -1.63. The number of carbonyl (C=O) groups excluding carboxylic acids is 2. The molecule has 0 unspecified atom stereocenters. The van der Waals surface area contributed by atoms with Gasteiger partial charge in [-0.15, -0.1) is 0 Å². The Labute approximate surface area is 167 Å². The lowest BCUT2D eigenvalue weighted by Gasteiger charge is -2.19. The monoisotopic (exact) mass is 398 g/mol. The summed E-state index contributed by atoms with van der Waals surface area (Å²) in [4.78, 5) is 24.9. The van der Waals surface area contributed by atoms with E-state index in [1.165, 1.54) is 0 Å². The standard InChI is InChI=1S/C21H16Cl2N2O2/c22-16-12-7-13-17(23)19(16)25-21(27)20(26)24-18(14-8-3-1-4-9-14)15-10-5-2-6-11-15/h1-13,18H,(H,24,26)(H,25,27). The Balaban J connectivity index is 1.81. The molecule has 0 radical (unpaired) electrons. The quantitative estimate of drug-likeness (QED) is 0.617. The molecule has 0 atom stereocenters. The van der Waals surface area contributed by atoms with Crippen molar-refractivity contribution in [3.05, 3.63) is 100 Å². The summed E-state index contributed by atoms with van der Waals surface area (Å²) in [7, 11) is 0. The first-order chi connectivity index (χ1) is 13.1. The lowest BCUT2D eigenvalue weighted by Crippen LogP contribution is -2.38. The van der Waals surface area contributed by atoms with Crippen LogP contribution in [0.2, 0.25) is 10.0 Å². The van der Waals surface area contributed by atoms with Gasteiger partial charge < -0.3 is 10.6 Å². The molecule has 136 valence electrons. The van der Waals surface area contributed by atoms with Crippen LogP contribution in [-0.4, -0.2) is 11.8 Å². The summed E-state index contributed by atoms with van der Waals surface area (Å²) in [6, 6.07) is 23.2. The van der Waals surface area contributed by atoms with Crippen LogP contribution in [0.5, 0.6) is 0 Å². The third-order valence-electron chi connectivity index (χ3n) is 3.95. The third-order valence-corrected chi connectivity index (χ3v) is 4.58. The van der Waals surface area contributed by atoms with E-state index in [1.807, 2.05) is 60.7 Å². The summed E-state index contributed by atoms with van der Waals surface area (Å²) in [6.07, 6.45) is 0. The lowest BCUT2D eigenvalue weighted by atomic mass is 9.99. The van der Waals surface area contributed by atoms with E-state index in [0.717, 1.165) is 11.1 Å². The number of para-hydroxylation sites is 1. The Hall–Kier alpha value is -2.82. The van der Waals surface area contributed by atoms with Crippen LogP contribution in [-0.2, 0) is 9.59 Å². The number of hydrogen-bond acceptors (Lipinski definition) is 2. The molecule has 0 aliphatic heterocycles. The van der Waals surface area contributed by atoms with Gasteiger partial charge in [-0.3, -0.25) is 9.59 Å². The highest BCUT2D eigenvalue weighted by molar-refractivity contribution is 6.44. The average molecular weight is 399 g/mol. The Morgan fingerprint density at radius 3 is 1.63 bits per heavy atom. The van der Waals surface area contributed by atoms with Crippen molar-refractivity contribution in [3.8, 4) is 0 Å². The first-order valence-electron chi connectivity index (χ1n) is 8.22. The van der Waals surface area contributed by atoms with E-state index in [0.29, 0.717) is 0 Å². The van der Waals surface area contributed by atoms with Gasteiger partial charge in [0.25, 0.3) is 0 Å². The maximum atomic E-state index is 12.5. The van der Waals surface area contributed by atoms with Crippen molar-refractivity contribution in [2.24, 2.45) is 0 Å². The van der Waals surface area contributed by atoms with E-state index in [-0.39, 0.29) is 15.7 Å². The zero-order valence-corrected chi connectivity index (χ0v) is 15.7. The largest absolute Gasteiger partial charge is 0.337 e. The molecule has 0 aliphatic rings. The molecule has 27 heavy (non-hydrogen) atoms. The number of amides is 2. The Morgan fingerprint density at radius 2 is 1.15 bits per heavy atom. The third kappa shape index (κ3) is 4.67. The smallest absolute Gasteiger partial charge is 0.313 e. The van der Waals surface area contributed by atoms with Gasteiger partial charge in [-0.2, -0.15) is 0 Å². The van der Waals surface area contributed by atoms with Gasteiger partial charge >= 0.3 is 11.8 Å². The molecule has 2 N–H and O–H groups in total. The van der Waals surface area contributed by atoms with Gasteiger partial charge in [-0.1, -0.05) is 89.9 Å². The summed E-state index contributed by atoms with van der Waals surface area (Å²) in [5, 5.41) is 5.75. The highest BCUT2D eigenvalue weighted by Gasteiger charge is 2.22. The van der Waals surface area contributed by atoms with Gasteiger partial charge in [0.1, 0.15) is 0 Å². The second-order valence-corrected chi connectivity index (χ2v) is 6.59. The minimum atomic E-state index is -0.845. The Bertz CT molecular complexity index is 887. The molecule has 0 saturated heterocycles.